The minimum atomic E-state index is -0.714. The predicted molar refractivity (Wildman–Crippen MR) is 96.0 cm³/mol. The van der Waals surface area contributed by atoms with Gasteiger partial charge in [0.1, 0.15) is 5.71 Å². The van der Waals surface area contributed by atoms with Crippen LogP contribution in [0.2, 0.25) is 0 Å². The molecule has 3 rings (SSSR count). The number of benzene rings is 1. The van der Waals surface area contributed by atoms with E-state index in [1.807, 2.05) is 43.3 Å². The molecule has 4 nitrogen and oxygen atoms in total. The number of hydrogen-bond donors (Lipinski definition) is 1. The van der Waals surface area contributed by atoms with Crippen molar-refractivity contribution in [2.75, 3.05) is 7.05 Å². The van der Waals surface area contributed by atoms with Crippen molar-refractivity contribution in [2.45, 2.75) is 51.3 Å². The smallest absolute Gasteiger partial charge is 0.272 e. The van der Waals surface area contributed by atoms with Gasteiger partial charge in [0.05, 0.1) is 18.2 Å². The molecule has 0 aromatic heterocycles. The quantitative estimate of drug-likeness (QED) is 0.924. The van der Waals surface area contributed by atoms with Gasteiger partial charge in [-0.2, -0.15) is 0 Å². The number of likely N-dealkylation sites (N-methyl/N-ethyl adjacent to an activating group) is 1. The minimum absolute atomic E-state index is 0.109. The number of aliphatic hydroxyl groups is 1. The maximum absolute atomic E-state index is 12.8. The third kappa shape index (κ3) is 3.16. The lowest BCUT2D eigenvalue weighted by Crippen LogP contribution is -2.43. The van der Waals surface area contributed by atoms with Crippen molar-refractivity contribution < 1.29 is 9.90 Å². The van der Waals surface area contributed by atoms with Crippen LogP contribution in [0.1, 0.15) is 44.8 Å². The Hall–Kier alpha value is -1.94. The molecule has 1 heterocycles. The number of carbonyl (C=O) groups excluding carboxylic acids is 1. The van der Waals surface area contributed by atoms with Gasteiger partial charge in [-0.1, -0.05) is 42.3 Å². The lowest BCUT2D eigenvalue weighted by atomic mass is 9.91. The maximum atomic E-state index is 12.8. The zero-order valence-corrected chi connectivity index (χ0v) is 14.6. The molecular formula is C20H26N2O2. The SMILES string of the molecule is CC1=CC(C(=O)N(C)C(C)C(O)c2ccccc2)=NC2CCCC12. The predicted octanol–water partition coefficient (Wildman–Crippen LogP) is 3.14. The lowest BCUT2D eigenvalue weighted by molar-refractivity contribution is -0.126. The van der Waals surface area contributed by atoms with Crippen LogP contribution in [-0.2, 0) is 4.79 Å². The minimum Gasteiger partial charge on any atom is -0.386 e. The van der Waals surface area contributed by atoms with Gasteiger partial charge in [0, 0.05) is 13.0 Å². The van der Waals surface area contributed by atoms with Gasteiger partial charge in [-0.15, -0.1) is 0 Å². The van der Waals surface area contributed by atoms with Crippen molar-refractivity contribution in [1.29, 1.82) is 0 Å². The third-order valence-electron chi connectivity index (χ3n) is 5.48. The summed E-state index contributed by atoms with van der Waals surface area (Å²) < 4.78 is 0. The van der Waals surface area contributed by atoms with Gasteiger partial charge in [0.25, 0.3) is 5.91 Å². The Balaban J connectivity index is 1.75. The van der Waals surface area contributed by atoms with Crippen molar-refractivity contribution in [3.05, 3.63) is 47.5 Å². The van der Waals surface area contributed by atoms with Gasteiger partial charge in [-0.25, -0.2) is 0 Å². The summed E-state index contributed by atoms with van der Waals surface area (Å²) in [5.41, 5.74) is 2.61. The van der Waals surface area contributed by atoms with E-state index < -0.39 is 6.10 Å². The molecule has 4 unspecified atom stereocenters. The highest BCUT2D eigenvalue weighted by atomic mass is 16.3. The second-order valence-corrected chi connectivity index (χ2v) is 7.02. The molecule has 1 fully saturated rings. The van der Waals surface area contributed by atoms with Crippen molar-refractivity contribution in [2.24, 2.45) is 10.9 Å². The molecule has 0 bridgehead atoms. The molecule has 1 aromatic carbocycles. The van der Waals surface area contributed by atoms with Crippen molar-refractivity contribution in [3.63, 3.8) is 0 Å². The number of carbonyl (C=O) groups is 1. The van der Waals surface area contributed by atoms with Crippen LogP contribution in [0.5, 0.6) is 0 Å². The molecule has 2 aliphatic rings. The van der Waals surface area contributed by atoms with E-state index in [0.29, 0.717) is 11.6 Å². The van der Waals surface area contributed by atoms with E-state index in [9.17, 15) is 9.90 Å². The van der Waals surface area contributed by atoms with Crippen LogP contribution < -0.4 is 0 Å². The highest BCUT2D eigenvalue weighted by Crippen LogP contribution is 2.36. The van der Waals surface area contributed by atoms with E-state index in [0.717, 1.165) is 12.0 Å². The Labute approximate surface area is 143 Å². The first-order valence-corrected chi connectivity index (χ1v) is 8.75. The number of hydrogen-bond acceptors (Lipinski definition) is 3. The summed E-state index contributed by atoms with van der Waals surface area (Å²) in [6.07, 6.45) is 4.65. The average molecular weight is 326 g/mol. The summed E-state index contributed by atoms with van der Waals surface area (Å²) in [7, 11) is 1.74. The number of aliphatic imine (C=N–C) groups is 1. The Morgan fingerprint density at radius 2 is 2.00 bits per heavy atom. The molecule has 1 saturated carbocycles. The first-order chi connectivity index (χ1) is 11.5. The third-order valence-corrected chi connectivity index (χ3v) is 5.48. The maximum Gasteiger partial charge on any atom is 0.272 e. The number of amides is 1. The van der Waals surface area contributed by atoms with Crippen LogP contribution in [-0.4, -0.2) is 40.8 Å². The van der Waals surface area contributed by atoms with Crippen LogP contribution in [0, 0.1) is 5.92 Å². The van der Waals surface area contributed by atoms with Gasteiger partial charge in [-0.05, 0) is 38.3 Å². The van der Waals surface area contributed by atoms with Crippen LogP contribution in [0.15, 0.2) is 47.0 Å². The molecule has 1 amide bonds. The molecular weight excluding hydrogens is 300 g/mol. The fourth-order valence-electron chi connectivity index (χ4n) is 3.79. The number of nitrogens with zero attached hydrogens (tertiary/aromatic N) is 2. The Bertz CT molecular complexity index is 665. The zero-order valence-electron chi connectivity index (χ0n) is 14.6. The fourth-order valence-corrected chi connectivity index (χ4v) is 3.79. The molecule has 1 aliphatic heterocycles. The molecule has 1 N–H and O–H groups in total. The van der Waals surface area contributed by atoms with Crippen LogP contribution in [0.3, 0.4) is 0 Å². The normalized spacial score (nSPS) is 25.3. The van der Waals surface area contributed by atoms with Crippen LogP contribution >= 0.6 is 0 Å². The number of rotatable bonds is 4. The van der Waals surface area contributed by atoms with E-state index >= 15 is 0 Å². The summed E-state index contributed by atoms with van der Waals surface area (Å²) in [5.74, 6) is 0.404. The molecule has 0 saturated heterocycles. The average Bonchev–Trinajstić information content (AvgIpc) is 3.09. The van der Waals surface area contributed by atoms with Gasteiger partial charge in [0.15, 0.2) is 0 Å². The molecule has 1 aromatic rings. The topological polar surface area (TPSA) is 52.9 Å². The second kappa shape index (κ2) is 6.89. The number of fused-ring (bicyclic) bond motifs is 1. The van der Waals surface area contributed by atoms with Gasteiger partial charge in [0.2, 0.25) is 0 Å². The molecule has 0 radical (unpaired) electrons. The Kier molecular flexibility index (Phi) is 4.86. The number of aliphatic hydroxyl groups excluding tert-OH is 1. The highest BCUT2D eigenvalue weighted by Gasteiger charge is 2.34. The standard InChI is InChI=1S/C20H26N2O2/c1-13-12-18(21-17-11-7-10-16(13)17)20(24)22(3)14(2)19(23)15-8-5-4-6-9-15/h4-6,8-9,12,14,16-17,19,23H,7,10-11H2,1-3H3. The fraction of sp³-hybridized carbons (Fsp3) is 0.500. The van der Waals surface area contributed by atoms with Gasteiger partial charge in [-0.3, -0.25) is 9.79 Å². The molecule has 1 aliphatic carbocycles. The van der Waals surface area contributed by atoms with E-state index in [1.165, 1.54) is 18.4 Å². The van der Waals surface area contributed by atoms with E-state index in [2.05, 4.69) is 6.92 Å². The van der Waals surface area contributed by atoms with Crippen LogP contribution in [0.25, 0.3) is 0 Å². The molecule has 128 valence electrons. The van der Waals surface area contributed by atoms with Crippen molar-refractivity contribution in [1.82, 2.24) is 4.90 Å². The summed E-state index contributed by atoms with van der Waals surface area (Å²) in [6.45, 7) is 3.97. The summed E-state index contributed by atoms with van der Waals surface area (Å²) in [6, 6.07) is 9.40. The molecule has 4 atom stereocenters. The monoisotopic (exact) mass is 326 g/mol. The highest BCUT2D eigenvalue weighted by molar-refractivity contribution is 6.43. The zero-order chi connectivity index (χ0) is 17.3. The summed E-state index contributed by atoms with van der Waals surface area (Å²) in [4.78, 5) is 19.2. The second-order valence-electron chi connectivity index (χ2n) is 7.02. The Morgan fingerprint density at radius 3 is 2.71 bits per heavy atom. The van der Waals surface area contributed by atoms with Gasteiger partial charge >= 0.3 is 0 Å². The molecule has 0 spiro atoms. The summed E-state index contributed by atoms with van der Waals surface area (Å²) in [5, 5.41) is 10.6. The van der Waals surface area contributed by atoms with Gasteiger partial charge < -0.3 is 10.0 Å². The lowest BCUT2D eigenvalue weighted by Gasteiger charge is -2.31. The van der Waals surface area contributed by atoms with Crippen molar-refractivity contribution >= 4 is 11.6 Å². The Morgan fingerprint density at radius 1 is 1.29 bits per heavy atom. The van der Waals surface area contributed by atoms with E-state index in [1.54, 1.807) is 11.9 Å². The largest absolute Gasteiger partial charge is 0.386 e. The van der Waals surface area contributed by atoms with Crippen molar-refractivity contribution in [3.8, 4) is 0 Å². The van der Waals surface area contributed by atoms with Crippen LogP contribution in [0.4, 0.5) is 0 Å². The number of dihydropyridines is 1. The molecule has 24 heavy (non-hydrogen) atoms. The molecule has 4 heteroatoms. The first kappa shape index (κ1) is 16.9. The van der Waals surface area contributed by atoms with E-state index in [4.69, 9.17) is 4.99 Å². The van der Waals surface area contributed by atoms with E-state index in [-0.39, 0.29) is 18.0 Å². The first-order valence-electron chi connectivity index (χ1n) is 8.75. The summed E-state index contributed by atoms with van der Waals surface area (Å²) >= 11 is 0.